The van der Waals surface area contributed by atoms with Crippen LogP contribution < -0.4 is 5.32 Å². The molecule has 1 amide bonds. The number of rotatable bonds is 5. The van der Waals surface area contributed by atoms with Crippen molar-refractivity contribution in [2.24, 2.45) is 0 Å². The lowest BCUT2D eigenvalue weighted by molar-refractivity contribution is -0.143. The molecule has 1 fully saturated rings. The number of carbonyl (C=O) groups is 2. The van der Waals surface area contributed by atoms with Crippen molar-refractivity contribution in [2.75, 3.05) is 6.54 Å². The normalized spacial score (nSPS) is 21.4. The van der Waals surface area contributed by atoms with Crippen molar-refractivity contribution in [3.8, 4) is 11.3 Å². The van der Waals surface area contributed by atoms with Crippen molar-refractivity contribution >= 4 is 46.4 Å². The van der Waals surface area contributed by atoms with Gasteiger partial charge in [0.25, 0.3) is 0 Å². The van der Waals surface area contributed by atoms with Crippen LogP contribution in [0.2, 0.25) is 10.0 Å². The maximum atomic E-state index is 13.6. The third kappa shape index (κ3) is 4.40. The van der Waals surface area contributed by atoms with E-state index in [0.717, 1.165) is 18.4 Å². The van der Waals surface area contributed by atoms with Gasteiger partial charge in [-0.2, -0.15) is 0 Å². The number of carboxylic acid groups (broad SMARTS) is 1. The van der Waals surface area contributed by atoms with Gasteiger partial charge in [-0.3, -0.25) is 9.59 Å². The van der Waals surface area contributed by atoms with Crippen LogP contribution in [-0.4, -0.2) is 28.5 Å². The fourth-order valence-corrected chi connectivity index (χ4v) is 5.89. The summed E-state index contributed by atoms with van der Waals surface area (Å²) >= 11 is 13.8. The molecule has 2 N–H and O–H groups in total. The van der Waals surface area contributed by atoms with Crippen molar-refractivity contribution in [3.63, 3.8) is 0 Å². The largest absolute Gasteiger partial charge is 0.481 e. The minimum atomic E-state index is -1.33. The van der Waals surface area contributed by atoms with E-state index in [0.29, 0.717) is 39.3 Å². The van der Waals surface area contributed by atoms with Crippen LogP contribution in [0.5, 0.6) is 0 Å². The Bertz CT molecular complexity index is 1140. The Labute approximate surface area is 200 Å². The molecule has 166 valence electrons. The highest BCUT2D eigenvalue weighted by molar-refractivity contribution is 7.10. The molecule has 1 aliphatic rings. The van der Waals surface area contributed by atoms with Crippen molar-refractivity contribution in [3.05, 3.63) is 74.5 Å². The minimum Gasteiger partial charge on any atom is -0.481 e. The Morgan fingerprint density at radius 1 is 1.19 bits per heavy atom. The number of aliphatic carboxylic acids is 1. The molecular weight excluding hydrogens is 467 g/mol. The summed E-state index contributed by atoms with van der Waals surface area (Å²) in [5, 5.41) is 16.2. The fraction of sp³-hybridized carbons (Fsp3) is 0.292. The van der Waals surface area contributed by atoms with Gasteiger partial charge in [0.05, 0.1) is 17.1 Å². The van der Waals surface area contributed by atoms with Gasteiger partial charge >= 0.3 is 5.97 Å². The highest BCUT2D eigenvalue weighted by Crippen LogP contribution is 2.48. The average Bonchev–Trinajstić information content (AvgIpc) is 3.26. The predicted octanol–water partition coefficient (Wildman–Crippen LogP) is 5.91. The lowest BCUT2D eigenvalue weighted by atomic mass is 9.66. The number of hydrogen-bond acceptors (Lipinski definition) is 4. The van der Waals surface area contributed by atoms with E-state index in [1.165, 1.54) is 11.3 Å². The number of carbonyl (C=O) groups excluding carboxylic acids is 1. The molecule has 2 aromatic carbocycles. The maximum Gasteiger partial charge on any atom is 0.304 e. The van der Waals surface area contributed by atoms with Crippen LogP contribution in [0.3, 0.4) is 0 Å². The second-order valence-electron chi connectivity index (χ2n) is 7.92. The zero-order valence-corrected chi connectivity index (χ0v) is 19.5. The van der Waals surface area contributed by atoms with Crippen molar-refractivity contribution in [1.82, 2.24) is 10.3 Å². The van der Waals surface area contributed by atoms with Crippen LogP contribution in [0.1, 0.15) is 42.2 Å². The van der Waals surface area contributed by atoms with Gasteiger partial charge < -0.3 is 10.4 Å². The van der Waals surface area contributed by atoms with E-state index >= 15 is 0 Å². The molecule has 3 aromatic rings. The summed E-state index contributed by atoms with van der Waals surface area (Å²) in [4.78, 5) is 30.5. The Balaban J connectivity index is 1.91. The van der Waals surface area contributed by atoms with Crippen LogP contribution >= 0.6 is 34.5 Å². The number of halogens is 2. The van der Waals surface area contributed by atoms with E-state index in [1.807, 2.05) is 35.7 Å². The summed E-state index contributed by atoms with van der Waals surface area (Å²) < 4.78 is 0. The summed E-state index contributed by atoms with van der Waals surface area (Å²) in [5.74, 6) is -1.67. The standard InChI is InChI=1S/C24H22Cl2N2O3S/c25-16-9-10-19(26)17(12-16)20-14-32-23(28-20)24(13-21(29)30)18(15-6-2-1-3-7-15)8-4-5-11-27-22(24)31/h1-3,6-7,9-10,12,14,18H,4-5,8,11,13H2,(H,27,31)(H,29,30)/t18-,24-/m0/s1. The number of aromatic nitrogens is 1. The number of benzene rings is 2. The number of thiazole rings is 1. The Morgan fingerprint density at radius 2 is 1.97 bits per heavy atom. The highest BCUT2D eigenvalue weighted by Gasteiger charge is 2.51. The van der Waals surface area contributed by atoms with Crippen molar-refractivity contribution in [1.29, 1.82) is 0 Å². The second kappa shape index (κ2) is 9.61. The SMILES string of the molecule is O=C(O)C[C@@]1(c2nc(-c3cc(Cl)ccc3Cl)cs2)C(=O)NCCCC[C@H]1c1ccccc1. The molecule has 0 spiro atoms. The zero-order valence-electron chi connectivity index (χ0n) is 17.2. The number of nitrogens with zero attached hydrogens (tertiary/aromatic N) is 1. The van der Waals surface area contributed by atoms with Gasteiger partial charge in [0.1, 0.15) is 10.4 Å². The quantitative estimate of drug-likeness (QED) is 0.467. The third-order valence-corrected chi connectivity index (χ3v) is 7.51. The Morgan fingerprint density at radius 3 is 2.72 bits per heavy atom. The minimum absolute atomic E-state index is 0.299. The molecule has 2 atom stereocenters. The number of hydrogen-bond donors (Lipinski definition) is 2. The number of amides is 1. The second-order valence-corrected chi connectivity index (χ2v) is 9.62. The molecule has 1 aromatic heterocycles. The summed E-state index contributed by atoms with van der Waals surface area (Å²) in [7, 11) is 0. The molecule has 5 nitrogen and oxygen atoms in total. The summed E-state index contributed by atoms with van der Waals surface area (Å²) in [6.07, 6.45) is 2.06. The number of carboxylic acids is 1. The fourth-order valence-electron chi connectivity index (χ4n) is 4.43. The van der Waals surface area contributed by atoms with E-state index in [4.69, 9.17) is 28.2 Å². The van der Waals surface area contributed by atoms with Crippen LogP contribution in [0.4, 0.5) is 0 Å². The van der Waals surface area contributed by atoms with E-state index in [-0.39, 0.29) is 18.2 Å². The van der Waals surface area contributed by atoms with Crippen LogP contribution in [0, 0.1) is 0 Å². The molecule has 2 heterocycles. The Kier molecular flexibility index (Phi) is 6.84. The monoisotopic (exact) mass is 488 g/mol. The van der Waals surface area contributed by atoms with Crippen molar-refractivity contribution in [2.45, 2.75) is 37.0 Å². The molecule has 4 rings (SSSR count). The molecule has 32 heavy (non-hydrogen) atoms. The molecular formula is C24H22Cl2N2O3S. The van der Waals surface area contributed by atoms with E-state index in [2.05, 4.69) is 5.32 Å². The third-order valence-electron chi connectivity index (χ3n) is 5.93. The molecule has 0 saturated carbocycles. The molecule has 0 aliphatic carbocycles. The van der Waals surface area contributed by atoms with Crippen LogP contribution in [0.15, 0.2) is 53.9 Å². The molecule has 0 bridgehead atoms. The molecule has 0 unspecified atom stereocenters. The van der Waals surface area contributed by atoms with Gasteiger partial charge in [-0.15, -0.1) is 11.3 Å². The number of nitrogens with one attached hydrogen (secondary N) is 1. The van der Waals surface area contributed by atoms with Gasteiger partial charge in [0.15, 0.2) is 0 Å². The van der Waals surface area contributed by atoms with E-state index in [9.17, 15) is 14.7 Å². The van der Waals surface area contributed by atoms with Crippen molar-refractivity contribution < 1.29 is 14.7 Å². The topological polar surface area (TPSA) is 79.3 Å². The summed E-state index contributed by atoms with van der Waals surface area (Å²) in [6.45, 7) is 0.514. The lowest BCUT2D eigenvalue weighted by Crippen LogP contribution is -2.51. The first-order chi connectivity index (χ1) is 15.4. The van der Waals surface area contributed by atoms with Gasteiger partial charge in [-0.25, -0.2) is 4.98 Å². The van der Waals surface area contributed by atoms with Gasteiger partial charge in [0, 0.05) is 28.4 Å². The first kappa shape index (κ1) is 22.8. The molecule has 0 radical (unpaired) electrons. The molecule has 1 aliphatic heterocycles. The predicted molar refractivity (Wildman–Crippen MR) is 128 cm³/mol. The van der Waals surface area contributed by atoms with E-state index < -0.39 is 11.4 Å². The smallest absolute Gasteiger partial charge is 0.304 e. The summed E-state index contributed by atoms with van der Waals surface area (Å²) in [6, 6.07) is 14.8. The molecule has 1 saturated heterocycles. The van der Waals surface area contributed by atoms with Gasteiger partial charge in [-0.1, -0.05) is 60.0 Å². The zero-order chi connectivity index (χ0) is 22.7. The van der Waals surface area contributed by atoms with Gasteiger partial charge in [0.2, 0.25) is 5.91 Å². The highest BCUT2D eigenvalue weighted by atomic mass is 35.5. The van der Waals surface area contributed by atoms with E-state index in [1.54, 1.807) is 18.2 Å². The van der Waals surface area contributed by atoms with Gasteiger partial charge in [-0.05, 0) is 36.6 Å². The average molecular weight is 489 g/mol. The summed E-state index contributed by atoms with van der Waals surface area (Å²) in [5.41, 5.74) is 0.823. The first-order valence-corrected chi connectivity index (χ1v) is 12.0. The first-order valence-electron chi connectivity index (χ1n) is 10.4. The van der Waals surface area contributed by atoms with Crippen LogP contribution in [0.25, 0.3) is 11.3 Å². The molecule has 8 heteroatoms. The van der Waals surface area contributed by atoms with Crippen LogP contribution in [-0.2, 0) is 15.0 Å². The Hall–Kier alpha value is -2.41. The lowest BCUT2D eigenvalue weighted by Gasteiger charge is -2.39. The maximum absolute atomic E-state index is 13.6.